The van der Waals surface area contributed by atoms with Gasteiger partial charge in [0.05, 0.1) is 7.11 Å². The Morgan fingerprint density at radius 2 is 1.77 bits per heavy atom. The number of nitrogens with one attached hydrogen (secondary N) is 2. The minimum atomic E-state index is -0.276. The lowest BCUT2D eigenvalue weighted by Crippen LogP contribution is -2.20. The molecule has 0 heterocycles. The van der Waals surface area contributed by atoms with Gasteiger partial charge in [0, 0.05) is 28.0 Å². The Labute approximate surface area is 185 Å². The number of halogens is 2. The first-order valence-electron chi connectivity index (χ1n) is 9.30. The zero-order chi connectivity index (χ0) is 21.5. The monoisotopic (exact) mass is 444 g/mol. The molecule has 0 aromatic heterocycles. The molecule has 3 aromatic rings. The van der Waals surface area contributed by atoms with Crippen LogP contribution >= 0.6 is 23.2 Å². The lowest BCUT2D eigenvalue weighted by atomic mass is 10.1. The number of hydrogen-bond acceptors (Lipinski definition) is 4. The molecule has 156 valence electrons. The van der Waals surface area contributed by atoms with E-state index in [1.807, 2.05) is 37.3 Å². The second-order valence-electron chi connectivity index (χ2n) is 6.59. The van der Waals surface area contributed by atoms with Crippen LogP contribution in [0.25, 0.3) is 0 Å². The molecule has 2 N–H and O–H groups in total. The van der Waals surface area contributed by atoms with Gasteiger partial charge in [-0.05, 0) is 66.6 Å². The topological polar surface area (TPSA) is 59.6 Å². The van der Waals surface area contributed by atoms with Crippen molar-refractivity contribution in [1.29, 1.82) is 0 Å². The highest BCUT2D eigenvalue weighted by Gasteiger charge is 2.10. The van der Waals surface area contributed by atoms with E-state index in [1.54, 1.807) is 37.4 Å². The predicted molar refractivity (Wildman–Crippen MR) is 122 cm³/mol. The van der Waals surface area contributed by atoms with E-state index in [4.69, 9.17) is 32.7 Å². The van der Waals surface area contributed by atoms with Crippen LogP contribution in [0.1, 0.15) is 11.1 Å². The number of benzene rings is 3. The van der Waals surface area contributed by atoms with Gasteiger partial charge < -0.3 is 20.1 Å². The van der Waals surface area contributed by atoms with E-state index in [0.717, 1.165) is 21.8 Å². The number of anilines is 2. The molecular weight excluding hydrogens is 423 g/mol. The van der Waals surface area contributed by atoms with Crippen molar-refractivity contribution in [2.24, 2.45) is 0 Å². The fourth-order valence-corrected chi connectivity index (χ4v) is 3.11. The molecule has 3 rings (SSSR count). The van der Waals surface area contributed by atoms with Gasteiger partial charge in [0.15, 0.2) is 18.1 Å². The molecule has 0 aliphatic carbocycles. The first-order chi connectivity index (χ1) is 14.5. The highest BCUT2D eigenvalue weighted by Crippen LogP contribution is 2.29. The molecule has 0 radical (unpaired) electrons. The fraction of sp³-hybridized carbons (Fsp3) is 0.174. The first-order valence-corrected chi connectivity index (χ1v) is 10.1. The average molecular weight is 445 g/mol. The summed E-state index contributed by atoms with van der Waals surface area (Å²) < 4.78 is 11.1. The SMILES string of the molecule is COc1cc(CNc2cccc(Cl)c2C)ccc1OCC(=O)Nc1ccc(Cl)cc1. The molecule has 0 aliphatic rings. The van der Waals surface area contributed by atoms with Crippen LogP contribution in [0.3, 0.4) is 0 Å². The molecule has 0 atom stereocenters. The van der Waals surface area contributed by atoms with Gasteiger partial charge in [-0.1, -0.05) is 35.3 Å². The van der Waals surface area contributed by atoms with Crippen LogP contribution < -0.4 is 20.1 Å². The molecule has 0 aliphatic heterocycles. The van der Waals surface area contributed by atoms with Crippen molar-refractivity contribution in [2.45, 2.75) is 13.5 Å². The molecule has 0 saturated carbocycles. The van der Waals surface area contributed by atoms with Crippen LogP contribution in [0.5, 0.6) is 11.5 Å². The lowest BCUT2D eigenvalue weighted by Gasteiger charge is -2.14. The molecule has 1 amide bonds. The van der Waals surface area contributed by atoms with Gasteiger partial charge in [-0.25, -0.2) is 0 Å². The van der Waals surface area contributed by atoms with E-state index < -0.39 is 0 Å². The summed E-state index contributed by atoms with van der Waals surface area (Å²) in [4.78, 5) is 12.1. The molecule has 30 heavy (non-hydrogen) atoms. The summed E-state index contributed by atoms with van der Waals surface area (Å²) in [5.41, 5.74) is 3.63. The van der Waals surface area contributed by atoms with E-state index in [1.165, 1.54) is 0 Å². The third kappa shape index (κ3) is 5.81. The van der Waals surface area contributed by atoms with Crippen LogP contribution in [0, 0.1) is 6.92 Å². The molecule has 7 heteroatoms. The average Bonchev–Trinajstić information content (AvgIpc) is 2.75. The second-order valence-corrected chi connectivity index (χ2v) is 7.44. The molecule has 0 unspecified atom stereocenters. The maximum absolute atomic E-state index is 12.1. The minimum Gasteiger partial charge on any atom is -0.493 e. The van der Waals surface area contributed by atoms with E-state index in [9.17, 15) is 4.79 Å². The van der Waals surface area contributed by atoms with Crippen molar-refractivity contribution in [2.75, 3.05) is 24.4 Å². The van der Waals surface area contributed by atoms with Crippen molar-refractivity contribution in [3.05, 3.63) is 81.8 Å². The van der Waals surface area contributed by atoms with Gasteiger partial charge in [0.1, 0.15) is 0 Å². The second kappa shape index (κ2) is 10.2. The van der Waals surface area contributed by atoms with Crippen molar-refractivity contribution >= 4 is 40.5 Å². The van der Waals surface area contributed by atoms with Crippen molar-refractivity contribution in [3.63, 3.8) is 0 Å². The minimum absolute atomic E-state index is 0.141. The third-order valence-electron chi connectivity index (χ3n) is 4.47. The van der Waals surface area contributed by atoms with Gasteiger partial charge in [0.2, 0.25) is 0 Å². The van der Waals surface area contributed by atoms with Gasteiger partial charge in [-0.15, -0.1) is 0 Å². The molecule has 0 bridgehead atoms. The standard InChI is InChI=1S/C23H22Cl2N2O3/c1-15-19(25)4-3-5-20(15)26-13-16-6-11-21(22(12-16)29-2)30-14-23(28)27-18-9-7-17(24)8-10-18/h3-12,26H,13-14H2,1-2H3,(H,27,28). The van der Waals surface area contributed by atoms with Crippen LogP contribution in [0.2, 0.25) is 10.0 Å². The van der Waals surface area contributed by atoms with Crippen LogP contribution in [-0.4, -0.2) is 19.6 Å². The summed E-state index contributed by atoms with van der Waals surface area (Å²) in [7, 11) is 1.56. The Bertz CT molecular complexity index is 1020. The molecule has 0 fully saturated rings. The highest BCUT2D eigenvalue weighted by atomic mass is 35.5. The molecule has 3 aromatic carbocycles. The Hall–Kier alpha value is -2.89. The summed E-state index contributed by atoms with van der Waals surface area (Å²) in [5.74, 6) is 0.768. The summed E-state index contributed by atoms with van der Waals surface area (Å²) in [6, 6.07) is 18.2. The summed E-state index contributed by atoms with van der Waals surface area (Å²) in [5, 5.41) is 7.45. The third-order valence-corrected chi connectivity index (χ3v) is 5.13. The number of ether oxygens (including phenoxy) is 2. The zero-order valence-corrected chi connectivity index (χ0v) is 18.2. The lowest BCUT2D eigenvalue weighted by molar-refractivity contribution is -0.118. The number of hydrogen-bond donors (Lipinski definition) is 2. The Morgan fingerprint density at radius 1 is 1.00 bits per heavy atom. The first kappa shape index (κ1) is 21.8. The number of methoxy groups -OCH3 is 1. The fourth-order valence-electron chi connectivity index (χ4n) is 2.81. The van der Waals surface area contributed by atoms with Gasteiger partial charge >= 0.3 is 0 Å². The normalized spacial score (nSPS) is 10.4. The van der Waals surface area contributed by atoms with Crippen molar-refractivity contribution in [3.8, 4) is 11.5 Å². The Kier molecular flexibility index (Phi) is 7.44. The summed E-state index contributed by atoms with van der Waals surface area (Å²) >= 11 is 12.0. The quantitative estimate of drug-likeness (QED) is 0.451. The summed E-state index contributed by atoms with van der Waals surface area (Å²) in [6.45, 7) is 2.42. The Morgan fingerprint density at radius 3 is 2.50 bits per heavy atom. The smallest absolute Gasteiger partial charge is 0.262 e. The molecule has 5 nitrogen and oxygen atoms in total. The number of amides is 1. The maximum atomic E-state index is 12.1. The number of carbonyl (C=O) groups is 1. The predicted octanol–water partition coefficient (Wildman–Crippen LogP) is 5.94. The van der Waals surface area contributed by atoms with Gasteiger partial charge in [-0.3, -0.25) is 4.79 Å². The zero-order valence-electron chi connectivity index (χ0n) is 16.7. The van der Waals surface area contributed by atoms with Crippen molar-refractivity contribution < 1.29 is 14.3 Å². The van der Waals surface area contributed by atoms with E-state index in [2.05, 4.69) is 10.6 Å². The van der Waals surface area contributed by atoms with Gasteiger partial charge in [0.25, 0.3) is 5.91 Å². The highest BCUT2D eigenvalue weighted by molar-refractivity contribution is 6.31. The maximum Gasteiger partial charge on any atom is 0.262 e. The molecule has 0 saturated heterocycles. The van der Waals surface area contributed by atoms with Gasteiger partial charge in [-0.2, -0.15) is 0 Å². The number of carbonyl (C=O) groups excluding carboxylic acids is 1. The number of rotatable bonds is 8. The van der Waals surface area contributed by atoms with E-state index in [-0.39, 0.29) is 12.5 Å². The van der Waals surface area contributed by atoms with Crippen molar-refractivity contribution in [1.82, 2.24) is 0 Å². The van der Waals surface area contributed by atoms with E-state index >= 15 is 0 Å². The molecule has 0 spiro atoms. The largest absolute Gasteiger partial charge is 0.493 e. The van der Waals surface area contributed by atoms with E-state index in [0.29, 0.717) is 28.8 Å². The summed E-state index contributed by atoms with van der Waals surface area (Å²) in [6.07, 6.45) is 0. The van der Waals surface area contributed by atoms with Crippen LogP contribution in [-0.2, 0) is 11.3 Å². The Balaban J connectivity index is 1.59. The van der Waals surface area contributed by atoms with Crippen LogP contribution in [0.15, 0.2) is 60.7 Å². The molecular formula is C23H22Cl2N2O3. The van der Waals surface area contributed by atoms with Crippen LogP contribution in [0.4, 0.5) is 11.4 Å².